The smallest absolute Gasteiger partial charge is 0.224 e. The molecule has 1 aliphatic carbocycles. The second-order valence-corrected chi connectivity index (χ2v) is 8.80. The minimum atomic E-state index is 0.0507. The summed E-state index contributed by atoms with van der Waals surface area (Å²) in [7, 11) is 3.22. The molecule has 2 aliphatic rings. The Balaban J connectivity index is 1.21. The minimum Gasteiger partial charge on any atom is -0.497 e. The molecule has 2 aromatic rings. The number of hydrogen-bond donors (Lipinski definition) is 1. The van der Waals surface area contributed by atoms with Crippen LogP contribution in [-0.2, 0) is 17.6 Å². The first-order valence-electron chi connectivity index (χ1n) is 11.5. The van der Waals surface area contributed by atoms with Crippen LogP contribution in [0.2, 0.25) is 0 Å². The molecule has 1 heterocycles. The lowest BCUT2D eigenvalue weighted by Crippen LogP contribution is -2.44. The van der Waals surface area contributed by atoms with Crippen molar-refractivity contribution in [2.75, 3.05) is 32.6 Å². The Labute approximate surface area is 185 Å². The van der Waals surface area contributed by atoms with Crippen molar-refractivity contribution in [2.45, 2.75) is 51.0 Å². The minimum absolute atomic E-state index is 0.0507. The molecule has 1 fully saturated rings. The molecular weight excluding hydrogens is 388 g/mol. The molecule has 0 radical (unpaired) electrons. The molecule has 0 aromatic heterocycles. The predicted octanol–water partition coefficient (Wildman–Crippen LogP) is 4.69. The van der Waals surface area contributed by atoms with E-state index >= 15 is 0 Å². The number of likely N-dealkylation sites (tertiary alicyclic amines) is 1. The lowest BCUT2D eigenvalue weighted by atomic mass is 9.85. The number of carbonyl (C=O) groups is 1. The Bertz CT molecular complexity index is 890. The zero-order valence-corrected chi connectivity index (χ0v) is 18.7. The number of piperidine rings is 1. The Morgan fingerprint density at radius 1 is 1.03 bits per heavy atom. The van der Waals surface area contributed by atoms with E-state index in [9.17, 15) is 4.79 Å². The second kappa shape index (κ2) is 10.2. The van der Waals surface area contributed by atoms with Crippen molar-refractivity contribution in [1.29, 1.82) is 0 Å². The Morgan fingerprint density at radius 3 is 2.55 bits per heavy atom. The third kappa shape index (κ3) is 5.40. The van der Waals surface area contributed by atoms with Gasteiger partial charge >= 0.3 is 0 Å². The molecule has 5 heteroatoms. The maximum atomic E-state index is 12.5. The molecule has 0 bridgehead atoms. The molecule has 1 N–H and O–H groups in total. The molecule has 4 rings (SSSR count). The highest BCUT2D eigenvalue weighted by Crippen LogP contribution is 2.31. The van der Waals surface area contributed by atoms with Gasteiger partial charge in [0.2, 0.25) is 5.91 Å². The van der Waals surface area contributed by atoms with Gasteiger partial charge < -0.3 is 19.7 Å². The number of aryl methyl sites for hydroxylation is 1. The molecular formula is C26H34N2O3. The van der Waals surface area contributed by atoms with Crippen LogP contribution < -0.4 is 14.8 Å². The van der Waals surface area contributed by atoms with E-state index in [1.54, 1.807) is 20.3 Å². The van der Waals surface area contributed by atoms with Crippen LogP contribution in [0.1, 0.15) is 43.2 Å². The molecule has 31 heavy (non-hydrogen) atoms. The van der Waals surface area contributed by atoms with E-state index in [1.165, 1.54) is 43.2 Å². The molecule has 0 spiro atoms. The summed E-state index contributed by atoms with van der Waals surface area (Å²) in [6.07, 6.45) is 7.55. The quantitative estimate of drug-likeness (QED) is 0.703. The first kappa shape index (κ1) is 21.7. The average Bonchev–Trinajstić information content (AvgIpc) is 2.83. The van der Waals surface area contributed by atoms with E-state index in [0.29, 0.717) is 35.6 Å². The Kier molecular flexibility index (Phi) is 7.13. The molecule has 1 atom stereocenters. The third-order valence-electron chi connectivity index (χ3n) is 6.95. The van der Waals surface area contributed by atoms with Gasteiger partial charge in [0.25, 0.3) is 0 Å². The second-order valence-electron chi connectivity index (χ2n) is 8.80. The number of amides is 1. The van der Waals surface area contributed by atoms with Gasteiger partial charge in [-0.2, -0.15) is 0 Å². The maximum absolute atomic E-state index is 12.5. The lowest BCUT2D eigenvalue weighted by molar-refractivity contribution is -0.116. The number of nitrogens with zero attached hydrogens (tertiary/aromatic N) is 1. The standard InChI is InChI=1S/C26H34N2O3/c1-30-23-10-11-24(25(18-23)31-2)27-26(29)12-7-19-13-15-28(16-14-19)22-9-8-20-5-3-4-6-21(20)17-22/h3-6,10-11,18-19,22H,7-9,12-17H2,1-2H3,(H,27,29)/t22-/m1/s1. The number of benzene rings is 2. The molecule has 0 unspecified atom stereocenters. The van der Waals surface area contributed by atoms with E-state index < -0.39 is 0 Å². The first-order valence-corrected chi connectivity index (χ1v) is 11.5. The SMILES string of the molecule is COc1ccc(NC(=O)CCC2CCN([C@@H]3CCc4ccccc4C3)CC2)c(OC)c1. The fraction of sp³-hybridized carbons (Fsp3) is 0.500. The fourth-order valence-electron chi connectivity index (χ4n) is 5.05. The van der Waals surface area contributed by atoms with Crippen LogP contribution in [0.3, 0.4) is 0 Å². The zero-order chi connectivity index (χ0) is 21.6. The number of carbonyl (C=O) groups excluding carboxylic acids is 1. The van der Waals surface area contributed by atoms with Gasteiger partial charge in [0.05, 0.1) is 19.9 Å². The number of fused-ring (bicyclic) bond motifs is 1. The molecule has 1 amide bonds. The van der Waals surface area contributed by atoms with Gasteiger partial charge in [0.15, 0.2) is 0 Å². The highest BCUT2D eigenvalue weighted by molar-refractivity contribution is 5.92. The van der Waals surface area contributed by atoms with E-state index in [4.69, 9.17) is 9.47 Å². The number of anilines is 1. The van der Waals surface area contributed by atoms with E-state index in [2.05, 4.69) is 34.5 Å². The van der Waals surface area contributed by atoms with Gasteiger partial charge in [-0.1, -0.05) is 24.3 Å². The number of ether oxygens (including phenoxy) is 2. The summed E-state index contributed by atoms with van der Waals surface area (Å²) < 4.78 is 10.6. The summed E-state index contributed by atoms with van der Waals surface area (Å²) in [5, 5.41) is 2.99. The van der Waals surface area contributed by atoms with Crippen molar-refractivity contribution in [3.05, 3.63) is 53.6 Å². The maximum Gasteiger partial charge on any atom is 0.224 e. The summed E-state index contributed by atoms with van der Waals surface area (Å²) in [5.41, 5.74) is 3.76. The largest absolute Gasteiger partial charge is 0.497 e. The van der Waals surface area contributed by atoms with Crippen molar-refractivity contribution >= 4 is 11.6 Å². The van der Waals surface area contributed by atoms with Crippen molar-refractivity contribution in [3.8, 4) is 11.5 Å². The van der Waals surface area contributed by atoms with Crippen molar-refractivity contribution in [1.82, 2.24) is 4.90 Å². The zero-order valence-electron chi connectivity index (χ0n) is 18.7. The van der Waals surface area contributed by atoms with E-state index in [-0.39, 0.29) is 5.91 Å². The van der Waals surface area contributed by atoms with Gasteiger partial charge in [-0.3, -0.25) is 4.79 Å². The van der Waals surface area contributed by atoms with Crippen LogP contribution in [0, 0.1) is 5.92 Å². The molecule has 2 aromatic carbocycles. The number of rotatable bonds is 7. The van der Waals surface area contributed by atoms with Crippen LogP contribution in [0.4, 0.5) is 5.69 Å². The molecule has 166 valence electrons. The summed E-state index contributed by atoms with van der Waals surface area (Å²) in [6, 6.07) is 15.0. The monoisotopic (exact) mass is 422 g/mol. The first-order chi connectivity index (χ1) is 15.2. The van der Waals surface area contributed by atoms with Gasteiger partial charge in [0, 0.05) is 18.5 Å². The van der Waals surface area contributed by atoms with Crippen LogP contribution in [0.25, 0.3) is 0 Å². The Hall–Kier alpha value is -2.53. The highest BCUT2D eigenvalue weighted by atomic mass is 16.5. The van der Waals surface area contributed by atoms with Crippen molar-refractivity contribution in [3.63, 3.8) is 0 Å². The van der Waals surface area contributed by atoms with Crippen LogP contribution in [0.5, 0.6) is 11.5 Å². The van der Waals surface area contributed by atoms with Gasteiger partial charge in [-0.05, 0) is 80.8 Å². The fourth-order valence-corrected chi connectivity index (χ4v) is 5.05. The normalized spacial score (nSPS) is 19.5. The van der Waals surface area contributed by atoms with Gasteiger partial charge in [0.1, 0.15) is 11.5 Å². The van der Waals surface area contributed by atoms with Gasteiger partial charge in [-0.15, -0.1) is 0 Å². The summed E-state index contributed by atoms with van der Waals surface area (Å²) in [6.45, 7) is 2.32. The van der Waals surface area contributed by atoms with E-state index in [0.717, 1.165) is 19.5 Å². The van der Waals surface area contributed by atoms with Crippen LogP contribution in [0.15, 0.2) is 42.5 Å². The molecule has 5 nitrogen and oxygen atoms in total. The highest BCUT2D eigenvalue weighted by Gasteiger charge is 2.28. The lowest BCUT2D eigenvalue weighted by Gasteiger charge is -2.39. The number of hydrogen-bond acceptors (Lipinski definition) is 4. The molecule has 0 saturated carbocycles. The predicted molar refractivity (Wildman–Crippen MR) is 124 cm³/mol. The van der Waals surface area contributed by atoms with Crippen LogP contribution >= 0.6 is 0 Å². The van der Waals surface area contributed by atoms with Crippen molar-refractivity contribution < 1.29 is 14.3 Å². The summed E-state index contributed by atoms with van der Waals surface area (Å²) in [5.74, 6) is 2.02. The number of nitrogens with one attached hydrogen (secondary N) is 1. The third-order valence-corrected chi connectivity index (χ3v) is 6.95. The summed E-state index contributed by atoms with van der Waals surface area (Å²) in [4.78, 5) is 15.2. The topological polar surface area (TPSA) is 50.8 Å². The molecule has 1 saturated heterocycles. The van der Waals surface area contributed by atoms with Crippen molar-refractivity contribution in [2.24, 2.45) is 5.92 Å². The Morgan fingerprint density at radius 2 is 1.81 bits per heavy atom. The van der Waals surface area contributed by atoms with Gasteiger partial charge in [-0.25, -0.2) is 0 Å². The molecule has 1 aliphatic heterocycles. The average molecular weight is 423 g/mol. The summed E-state index contributed by atoms with van der Waals surface area (Å²) >= 11 is 0. The van der Waals surface area contributed by atoms with Crippen LogP contribution in [-0.4, -0.2) is 44.2 Å². The van der Waals surface area contributed by atoms with E-state index in [1.807, 2.05) is 12.1 Å². The number of methoxy groups -OCH3 is 2.